The molecule has 0 aliphatic carbocycles. The van der Waals surface area contributed by atoms with Gasteiger partial charge in [0.05, 0.1) is 19.8 Å². The number of H-pyrrole nitrogens is 1. The van der Waals surface area contributed by atoms with Gasteiger partial charge in [0.1, 0.15) is 16.1 Å². The molecule has 3 rings (SSSR count). The highest BCUT2D eigenvalue weighted by molar-refractivity contribution is 14.1. The van der Waals surface area contributed by atoms with Crippen molar-refractivity contribution in [1.82, 2.24) is 0 Å². The van der Waals surface area contributed by atoms with Gasteiger partial charge in [0.15, 0.2) is 23.9 Å². The van der Waals surface area contributed by atoms with Gasteiger partial charge in [0.2, 0.25) is 0 Å². The minimum Gasteiger partial charge on any atom is -0.870 e. The SMILES string of the molecule is COc1ccc([C@H](Cc2c(Cl)c[nH+]cc2Cl)OC(=O)c2ccc(I)cc2)cc1OC.[OH-]. The zero-order valence-corrected chi connectivity index (χ0v) is 20.4. The lowest BCUT2D eigenvalue weighted by atomic mass is 10.0. The Balaban J connectivity index is 0.00000341. The number of benzene rings is 2. The van der Waals surface area contributed by atoms with Gasteiger partial charge in [0, 0.05) is 15.6 Å². The first-order valence-corrected chi connectivity index (χ1v) is 10.8. The highest BCUT2D eigenvalue weighted by Gasteiger charge is 2.24. The maximum atomic E-state index is 12.8. The molecule has 0 radical (unpaired) electrons. The van der Waals surface area contributed by atoms with Crippen LogP contribution in [0.1, 0.15) is 27.6 Å². The van der Waals surface area contributed by atoms with Crippen molar-refractivity contribution < 1.29 is 29.5 Å². The number of hydrogen-bond donors (Lipinski definition) is 0. The lowest BCUT2D eigenvalue weighted by molar-refractivity contribution is -0.377. The smallest absolute Gasteiger partial charge is 0.338 e. The molecule has 0 saturated carbocycles. The van der Waals surface area contributed by atoms with E-state index in [2.05, 4.69) is 27.6 Å². The predicted molar refractivity (Wildman–Crippen MR) is 126 cm³/mol. The molecule has 1 atom stereocenters. The number of carbonyl (C=O) groups is 1. The molecule has 164 valence electrons. The van der Waals surface area contributed by atoms with Gasteiger partial charge < -0.3 is 19.7 Å². The molecule has 31 heavy (non-hydrogen) atoms. The number of ether oxygens (including phenoxy) is 3. The van der Waals surface area contributed by atoms with E-state index in [4.69, 9.17) is 37.4 Å². The van der Waals surface area contributed by atoms with Crippen LogP contribution in [-0.4, -0.2) is 25.7 Å². The summed E-state index contributed by atoms with van der Waals surface area (Å²) in [7, 11) is 3.11. The van der Waals surface area contributed by atoms with Gasteiger partial charge in [-0.1, -0.05) is 29.3 Å². The fraction of sp³-hybridized carbons (Fsp3) is 0.182. The highest BCUT2D eigenvalue weighted by atomic mass is 127. The fourth-order valence-electron chi connectivity index (χ4n) is 2.92. The van der Waals surface area contributed by atoms with Crippen LogP contribution in [0.25, 0.3) is 0 Å². The minimum atomic E-state index is -0.644. The van der Waals surface area contributed by atoms with Crippen LogP contribution < -0.4 is 14.5 Å². The Bertz CT molecular complexity index is 1030. The van der Waals surface area contributed by atoms with Crippen LogP contribution in [0.3, 0.4) is 0 Å². The maximum absolute atomic E-state index is 12.8. The molecule has 2 aromatic carbocycles. The first-order chi connectivity index (χ1) is 14.4. The van der Waals surface area contributed by atoms with Crippen LogP contribution >= 0.6 is 45.8 Å². The standard InChI is InChI=1S/C22H18Cl2INO4.H2O/c1-28-19-8-5-14(9-21(19)29-2)20(10-16-17(23)11-26-12-18(16)24)30-22(27)13-3-6-15(25)7-4-13;/h3-9,11-12,20H,10H2,1-2H3;1H2/t20-;/m0./s1. The van der Waals surface area contributed by atoms with E-state index in [0.29, 0.717) is 32.7 Å². The molecule has 3 aromatic rings. The highest BCUT2D eigenvalue weighted by Crippen LogP contribution is 2.35. The second-order valence-electron chi connectivity index (χ2n) is 6.35. The Morgan fingerprint density at radius 2 is 1.61 bits per heavy atom. The first kappa shape index (κ1) is 25.2. The van der Waals surface area contributed by atoms with Crippen LogP contribution in [0.2, 0.25) is 10.0 Å². The summed E-state index contributed by atoms with van der Waals surface area (Å²) in [6, 6.07) is 12.5. The molecule has 0 saturated heterocycles. The molecule has 2 N–H and O–H groups in total. The zero-order chi connectivity index (χ0) is 21.7. The van der Waals surface area contributed by atoms with Gasteiger partial charge in [-0.3, -0.25) is 0 Å². The van der Waals surface area contributed by atoms with Gasteiger partial charge in [0.25, 0.3) is 0 Å². The van der Waals surface area contributed by atoms with Crippen LogP contribution in [0.5, 0.6) is 11.5 Å². The molecule has 0 amide bonds. The third-order valence-electron chi connectivity index (χ3n) is 4.49. The zero-order valence-electron chi connectivity index (χ0n) is 16.7. The van der Waals surface area contributed by atoms with Gasteiger partial charge >= 0.3 is 5.97 Å². The Kier molecular flexibility index (Phi) is 9.36. The number of carbonyl (C=O) groups excluding carboxylic acids is 1. The lowest BCUT2D eigenvalue weighted by Crippen LogP contribution is -2.15. The normalized spacial score (nSPS) is 11.3. The van der Waals surface area contributed by atoms with E-state index in [1.54, 1.807) is 50.9 Å². The lowest BCUT2D eigenvalue weighted by Gasteiger charge is -2.20. The molecule has 0 aliphatic rings. The second kappa shape index (κ2) is 11.5. The van der Waals surface area contributed by atoms with E-state index >= 15 is 0 Å². The van der Waals surface area contributed by atoms with E-state index in [-0.39, 0.29) is 11.9 Å². The summed E-state index contributed by atoms with van der Waals surface area (Å²) < 4.78 is 17.6. The van der Waals surface area contributed by atoms with E-state index in [9.17, 15) is 4.79 Å². The summed E-state index contributed by atoms with van der Waals surface area (Å²) in [5.74, 6) is 0.666. The van der Waals surface area contributed by atoms with Crippen molar-refractivity contribution in [2.75, 3.05) is 14.2 Å². The van der Waals surface area contributed by atoms with Crippen LogP contribution in [0.15, 0.2) is 54.9 Å². The summed E-state index contributed by atoms with van der Waals surface area (Å²) in [6.07, 6.45) is 2.91. The monoisotopic (exact) mass is 575 g/mol. The van der Waals surface area contributed by atoms with E-state index < -0.39 is 12.1 Å². The predicted octanol–water partition coefficient (Wildman–Crippen LogP) is 5.39. The molecule has 0 bridgehead atoms. The number of esters is 1. The summed E-state index contributed by atoms with van der Waals surface area (Å²) in [4.78, 5) is 15.7. The molecule has 1 heterocycles. The molecular weight excluding hydrogens is 556 g/mol. The Morgan fingerprint density at radius 3 is 2.19 bits per heavy atom. The number of nitrogens with one attached hydrogen (secondary N) is 1. The van der Waals surface area contributed by atoms with Crippen molar-refractivity contribution in [3.8, 4) is 11.5 Å². The van der Waals surface area contributed by atoms with Crippen molar-refractivity contribution in [3.05, 3.63) is 85.2 Å². The van der Waals surface area contributed by atoms with Crippen molar-refractivity contribution in [1.29, 1.82) is 0 Å². The van der Waals surface area contributed by atoms with E-state index in [1.165, 1.54) is 0 Å². The summed E-state index contributed by atoms with van der Waals surface area (Å²) in [6.45, 7) is 0. The van der Waals surface area contributed by atoms with E-state index in [0.717, 1.165) is 9.13 Å². The van der Waals surface area contributed by atoms with Crippen LogP contribution in [0, 0.1) is 3.57 Å². The average Bonchev–Trinajstić information content (AvgIpc) is 2.75. The molecule has 9 heteroatoms. The third-order valence-corrected chi connectivity index (χ3v) is 5.89. The molecule has 0 spiro atoms. The molecule has 0 unspecified atom stereocenters. The van der Waals surface area contributed by atoms with Gasteiger partial charge in [-0.2, -0.15) is 0 Å². The summed E-state index contributed by atoms with van der Waals surface area (Å²) in [5, 5.41) is 0.914. The van der Waals surface area contributed by atoms with Gasteiger partial charge in [-0.15, -0.1) is 0 Å². The second-order valence-corrected chi connectivity index (χ2v) is 8.41. The molecule has 1 aromatic heterocycles. The number of hydrogen-bond acceptors (Lipinski definition) is 5. The van der Waals surface area contributed by atoms with Crippen molar-refractivity contribution >= 4 is 51.8 Å². The van der Waals surface area contributed by atoms with Crippen LogP contribution in [-0.2, 0) is 11.2 Å². The molecule has 6 nitrogen and oxygen atoms in total. The average molecular weight is 576 g/mol. The fourth-order valence-corrected chi connectivity index (χ4v) is 3.81. The van der Waals surface area contributed by atoms with Crippen molar-refractivity contribution in [3.63, 3.8) is 0 Å². The summed E-state index contributed by atoms with van der Waals surface area (Å²) >= 11 is 14.9. The molecular formula is C22H20Cl2INO5. The number of halogens is 3. The Hall–Kier alpha value is -2.07. The Morgan fingerprint density at radius 1 is 1.00 bits per heavy atom. The topological polar surface area (TPSA) is 88.9 Å². The minimum absolute atomic E-state index is 0. The van der Waals surface area contributed by atoms with Crippen molar-refractivity contribution in [2.24, 2.45) is 0 Å². The van der Waals surface area contributed by atoms with Crippen LogP contribution in [0.4, 0.5) is 0 Å². The van der Waals surface area contributed by atoms with Crippen molar-refractivity contribution in [2.45, 2.75) is 12.5 Å². The maximum Gasteiger partial charge on any atom is 0.338 e. The number of aromatic nitrogens is 1. The van der Waals surface area contributed by atoms with Gasteiger partial charge in [-0.05, 0) is 64.6 Å². The third kappa shape index (κ3) is 6.22. The summed E-state index contributed by atoms with van der Waals surface area (Å²) in [5.41, 5.74) is 1.86. The quantitative estimate of drug-likeness (QED) is 0.278. The van der Waals surface area contributed by atoms with E-state index in [1.807, 2.05) is 18.2 Å². The largest absolute Gasteiger partial charge is 0.870 e. The number of rotatable bonds is 7. The molecule has 0 aliphatic heterocycles. The van der Waals surface area contributed by atoms with Gasteiger partial charge in [-0.25, -0.2) is 9.78 Å². The molecule has 0 fully saturated rings. The number of aromatic amines is 1. The first-order valence-electron chi connectivity index (χ1n) is 8.95. The number of methoxy groups -OCH3 is 2. The Labute approximate surface area is 203 Å². The number of pyridine rings is 1.